The number of likely N-dealkylation sites (tertiary alicyclic amines) is 1. The summed E-state index contributed by atoms with van der Waals surface area (Å²) in [6, 6.07) is 0.468. The van der Waals surface area contributed by atoms with Gasteiger partial charge < -0.3 is 16.0 Å². The number of nitrogens with zero attached hydrogens (tertiary/aromatic N) is 3. The van der Waals surface area contributed by atoms with Gasteiger partial charge in [-0.1, -0.05) is 0 Å². The normalized spacial score (nSPS) is 25.9. The largest absolute Gasteiger partial charge is 0.384 e. The second-order valence-corrected chi connectivity index (χ2v) is 4.89. The molecule has 1 aromatic rings. The van der Waals surface area contributed by atoms with Gasteiger partial charge in [0.2, 0.25) is 0 Å². The molecule has 3 heterocycles. The second kappa shape index (κ2) is 3.75. The van der Waals surface area contributed by atoms with E-state index in [9.17, 15) is 0 Å². The molecule has 1 saturated heterocycles. The molecule has 2 aliphatic rings. The van der Waals surface area contributed by atoms with Crippen LogP contribution < -0.4 is 11.1 Å². The van der Waals surface area contributed by atoms with E-state index in [1.165, 1.54) is 5.56 Å². The fraction of sp³-hybridized carbons (Fsp3) is 0.727. The SMILES string of the molecule is CN1CCC(n2nc3c(c2N)CCNC3)C1. The van der Waals surface area contributed by atoms with Crippen LogP contribution in [0.3, 0.4) is 0 Å². The van der Waals surface area contributed by atoms with E-state index in [4.69, 9.17) is 5.73 Å². The molecule has 0 spiro atoms. The average molecular weight is 221 g/mol. The summed E-state index contributed by atoms with van der Waals surface area (Å²) >= 11 is 0. The fourth-order valence-corrected chi connectivity index (χ4v) is 2.75. The van der Waals surface area contributed by atoms with Gasteiger partial charge in [-0.05, 0) is 26.4 Å². The van der Waals surface area contributed by atoms with Gasteiger partial charge in [0.1, 0.15) is 5.82 Å². The number of aromatic nitrogens is 2. The number of nitrogen functional groups attached to an aromatic ring is 1. The van der Waals surface area contributed by atoms with Crippen molar-refractivity contribution in [1.29, 1.82) is 0 Å². The Bertz CT molecular complexity index is 397. The van der Waals surface area contributed by atoms with Gasteiger partial charge in [0.25, 0.3) is 0 Å². The molecule has 0 saturated carbocycles. The standard InChI is InChI=1S/C11H19N5/c1-15-5-3-8(7-15)16-11(12)9-2-4-13-6-10(9)14-16/h8,13H,2-7,12H2,1H3. The number of rotatable bonds is 1. The molecule has 0 aliphatic carbocycles. The topological polar surface area (TPSA) is 59.1 Å². The predicted octanol–water partition coefficient (Wildman–Crippen LogP) is -0.0124. The van der Waals surface area contributed by atoms with Gasteiger partial charge in [-0.3, -0.25) is 0 Å². The summed E-state index contributed by atoms with van der Waals surface area (Å²) in [7, 11) is 2.15. The van der Waals surface area contributed by atoms with Crippen LogP contribution in [0.2, 0.25) is 0 Å². The molecule has 1 unspecified atom stereocenters. The lowest BCUT2D eigenvalue weighted by Crippen LogP contribution is -2.23. The van der Waals surface area contributed by atoms with Crippen molar-refractivity contribution in [2.75, 3.05) is 32.4 Å². The third kappa shape index (κ3) is 1.51. The molecule has 5 heteroatoms. The third-order valence-electron chi connectivity index (χ3n) is 3.69. The minimum Gasteiger partial charge on any atom is -0.384 e. The Labute approximate surface area is 95.6 Å². The molecule has 0 bridgehead atoms. The monoisotopic (exact) mass is 221 g/mol. The van der Waals surface area contributed by atoms with E-state index >= 15 is 0 Å². The van der Waals surface area contributed by atoms with Crippen molar-refractivity contribution >= 4 is 5.82 Å². The molecule has 16 heavy (non-hydrogen) atoms. The van der Waals surface area contributed by atoms with Gasteiger partial charge in [-0.25, -0.2) is 4.68 Å². The van der Waals surface area contributed by atoms with E-state index < -0.39 is 0 Å². The smallest absolute Gasteiger partial charge is 0.125 e. The lowest BCUT2D eigenvalue weighted by atomic mass is 10.1. The van der Waals surface area contributed by atoms with Crippen LogP contribution in [0.4, 0.5) is 5.82 Å². The van der Waals surface area contributed by atoms with Crippen LogP contribution in [-0.4, -0.2) is 41.4 Å². The summed E-state index contributed by atoms with van der Waals surface area (Å²) in [5.74, 6) is 0.900. The molecule has 5 nitrogen and oxygen atoms in total. The molecule has 0 amide bonds. The maximum Gasteiger partial charge on any atom is 0.125 e. The number of nitrogens with one attached hydrogen (secondary N) is 1. The van der Waals surface area contributed by atoms with Crippen LogP contribution in [-0.2, 0) is 13.0 Å². The highest BCUT2D eigenvalue weighted by Gasteiger charge is 2.26. The molecule has 1 atom stereocenters. The quantitative estimate of drug-likeness (QED) is 0.700. The van der Waals surface area contributed by atoms with Crippen LogP contribution >= 0.6 is 0 Å². The number of anilines is 1. The Balaban J connectivity index is 1.92. The zero-order valence-corrected chi connectivity index (χ0v) is 9.74. The van der Waals surface area contributed by atoms with E-state index in [-0.39, 0.29) is 0 Å². The van der Waals surface area contributed by atoms with E-state index in [0.717, 1.165) is 50.5 Å². The van der Waals surface area contributed by atoms with E-state index in [1.54, 1.807) is 0 Å². The molecule has 2 aliphatic heterocycles. The van der Waals surface area contributed by atoms with Crippen molar-refractivity contribution in [3.63, 3.8) is 0 Å². The Morgan fingerprint density at radius 1 is 1.50 bits per heavy atom. The van der Waals surface area contributed by atoms with Gasteiger partial charge in [-0.2, -0.15) is 5.10 Å². The zero-order chi connectivity index (χ0) is 11.1. The van der Waals surface area contributed by atoms with Crippen LogP contribution in [0.1, 0.15) is 23.7 Å². The lowest BCUT2D eigenvalue weighted by molar-refractivity contribution is 0.383. The van der Waals surface area contributed by atoms with Crippen molar-refractivity contribution in [2.45, 2.75) is 25.4 Å². The Morgan fingerprint density at radius 3 is 3.06 bits per heavy atom. The summed E-state index contributed by atoms with van der Waals surface area (Å²) in [6.45, 7) is 4.10. The van der Waals surface area contributed by atoms with E-state index in [1.807, 2.05) is 0 Å². The minimum absolute atomic E-state index is 0.468. The Hall–Kier alpha value is -1.07. The van der Waals surface area contributed by atoms with Crippen LogP contribution in [0.25, 0.3) is 0 Å². The highest BCUT2D eigenvalue weighted by Crippen LogP contribution is 2.27. The molecule has 3 N–H and O–H groups in total. The lowest BCUT2D eigenvalue weighted by Gasteiger charge is -2.13. The molecule has 1 fully saturated rings. The molecule has 1 aromatic heterocycles. The number of hydrogen-bond donors (Lipinski definition) is 2. The van der Waals surface area contributed by atoms with Crippen molar-refractivity contribution in [2.24, 2.45) is 0 Å². The van der Waals surface area contributed by atoms with Gasteiger partial charge in [0.15, 0.2) is 0 Å². The highest BCUT2D eigenvalue weighted by atomic mass is 15.4. The summed E-state index contributed by atoms with van der Waals surface area (Å²) in [6.07, 6.45) is 2.18. The van der Waals surface area contributed by atoms with Crippen LogP contribution in [0.5, 0.6) is 0 Å². The summed E-state index contributed by atoms with van der Waals surface area (Å²) in [5, 5.41) is 8.01. The third-order valence-corrected chi connectivity index (χ3v) is 3.69. The molecule has 0 aromatic carbocycles. The molecule has 3 rings (SSSR count). The summed E-state index contributed by atoms with van der Waals surface area (Å²) in [5.41, 5.74) is 8.63. The first-order valence-corrected chi connectivity index (χ1v) is 6.00. The summed E-state index contributed by atoms with van der Waals surface area (Å²) in [4.78, 5) is 2.34. The maximum absolute atomic E-state index is 6.20. The Kier molecular flexibility index (Phi) is 2.37. The van der Waals surface area contributed by atoms with E-state index in [2.05, 4.69) is 27.0 Å². The van der Waals surface area contributed by atoms with Crippen molar-refractivity contribution in [3.05, 3.63) is 11.3 Å². The van der Waals surface area contributed by atoms with Crippen molar-refractivity contribution in [1.82, 2.24) is 20.0 Å². The Morgan fingerprint density at radius 2 is 2.38 bits per heavy atom. The minimum atomic E-state index is 0.468. The zero-order valence-electron chi connectivity index (χ0n) is 9.74. The average Bonchev–Trinajstić information content (AvgIpc) is 2.84. The molecule has 0 radical (unpaired) electrons. The second-order valence-electron chi connectivity index (χ2n) is 4.89. The first-order valence-electron chi connectivity index (χ1n) is 6.00. The van der Waals surface area contributed by atoms with Crippen molar-refractivity contribution < 1.29 is 0 Å². The first kappa shape index (κ1) is 10.1. The fourth-order valence-electron chi connectivity index (χ4n) is 2.75. The number of fused-ring (bicyclic) bond motifs is 1. The van der Waals surface area contributed by atoms with Crippen LogP contribution in [0.15, 0.2) is 0 Å². The van der Waals surface area contributed by atoms with Gasteiger partial charge in [-0.15, -0.1) is 0 Å². The van der Waals surface area contributed by atoms with Gasteiger partial charge >= 0.3 is 0 Å². The molecule has 88 valence electrons. The van der Waals surface area contributed by atoms with Crippen LogP contribution in [0, 0.1) is 0 Å². The number of hydrogen-bond acceptors (Lipinski definition) is 4. The molecular weight excluding hydrogens is 202 g/mol. The summed E-state index contributed by atoms with van der Waals surface area (Å²) < 4.78 is 2.06. The predicted molar refractivity (Wildman–Crippen MR) is 63.2 cm³/mol. The van der Waals surface area contributed by atoms with Gasteiger partial charge in [0.05, 0.1) is 11.7 Å². The molecular formula is C11H19N5. The van der Waals surface area contributed by atoms with Crippen molar-refractivity contribution in [3.8, 4) is 0 Å². The number of likely N-dealkylation sites (N-methyl/N-ethyl adjacent to an activating group) is 1. The van der Waals surface area contributed by atoms with Gasteiger partial charge in [0, 0.05) is 25.2 Å². The highest BCUT2D eigenvalue weighted by molar-refractivity contribution is 5.45. The number of nitrogens with two attached hydrogens (primary N) is 1. The first-order chi connectivity index (χ1) is 7.75. The maximum atomic E-state index is 6.20. The van der Waals surface area contributed by atoms with E-state index in [0.29, 0.717) is 6.04 Å².